The molecular weight excluding hydrogens is 174 g/mol. The van der Waals surface area contributed by atoms with E-state index in [4.69, 9.17) is 18.5 Å². The number of rotatable bonds is 6. The van der Waals surface area contributed by atoms with Crippen LogP contribution in [0, 0.1) is 11.3 Å². The summed E-state index contributed by atoms with van der Waals surface area (Å²) in [6.07, 6.45) is 0.930. The van der Waals surface area contributed by atoms with Gasteiger partial charge < -0.3 is 13.3 Å². The lowest BCUT2D eigenvalue weighted by Crippen LogP contribution is -2.43. The van der Waals surface area contributed by atoms with Gasteiger partial charge in [-0.05, 0) is 0 Å². The van der Waals surface area contributed by atoms with E-state index in [9.17, 15) is 0 Å². The molecule has 4 nitrogen and oxygen atoms in total. The molecule has 0 aliphatic heterocycles. The molecule has 0 aromatic rings. The van der Waals surface area contributed by atoms with Gasteiger partial charge in [-0.3, -0.25) is 0 Å². The third-order valence-corrected chi connectivity index (χ3v) is 4.48. The second-order valence-electron chi connectivity index (χ2n) is 2.29. The standard InChI is InChI=1S/C7H15NO3Si/c1-4-7-12(9-2,10-3)11-6-5-8/h4,6-7H2,1-3H3. The Labute approximate surface area is 74.4 Å². The predicted octanol–water partition coefficient (Wildman–Crippen LogP) is 1.17. The molecule has 0 heterocycles. The number of hydrogen-bond acceptors (Lipinski definition) is 4. The van der Waals surface area contributed by atoms with E-state index in [0.717, 1.165) is 12.5 Å². The van der Waals surface area contributed by atoms with E-state index in [1.807, 2.05) is 13.0 Å². The number of hydrogen-bond donors (Lipinski definition) is 0. The molecule has 0 atom stereocenters. The fraction of sp³-hybridized carbons (Fsp3) is 0.857. The maximum atomic E-state index is 8.32. The molecule has 0 aromatic carbocycles. The van der Waals surface area contributed by atoms with Crippen LogP contribution >= 0.6 is 0 Å². The maximum Gasteiger partial charge on any atom is 0.501 e. The van der Waals surface area contributed by atoms with Crippen molar-refractivity contribution in [2.45, 2.75) is 19.4 Å². The van der Waals surface area contributed by atoms with E-state index in [-0.39, 0.29) is 6.61 Å². The highest BCUT2D eigenvalue weighted by atomic mass is 28.4. The molecule has 0 saturated carbocycles. The highest BCUT2D eigenvalue weighted by molar-refractivity contribution is 6.60. The smallest absolute Gasteiger partial charge is 0.377 e. The molecule has 0 rings (SSSR count). The molecule has 0 amide bonds. The molecule has 0 saturated heterocycles. The molecule has 70 valence electrons. The second-order valence-corrected chi connectivity index (χ2v) is 5.26. The first kappa shape index (κ1) is 11.6. The van der Waals surface area contributed by atoms with Crippen LogP contribution < -0.4 is 0 Å². The van der Waals surface area contributed by atoms with E-state index >= 15 is 0 Å². The first-order chi connectivity index (χ1) is 5.74. The van der Waals surface area contributed by atoms with E-state index in [1.165, 1.54) is 0 Å². The molecule has 0 aliphatic carbocycles. The van der Waals surface area contributed by atoms with E-state index in [2.05, 4.69) is 0 Å². The summed E-state index contributed by atoms with van der Waals surface area (Å²) >= 11 is 0. The molecule has 0 aliphatic rings. The minimum absolute atomic E-state index is 0.0356. The van der Waals surface area contributed by atoms with Crippen molar-refractivity contribution in [3.8, 4) is 6.07 Å². The first-order valence-electron chi connectivity index (χ1n) is 3.86. The highest BCUT2D eigenvalue weighted by Crippen LogP contribution is 2.15. The average molecular weight is 189 g/mol. The van der Waals surface area contributed by atoms with Gasteiger partial charge in [-0.1, -0.05) is 13.3 Å². The SMILES string of the molecule is CCC[Si](OC)(OC)OCC#N. The molecular formula is C7H15NO3Si. The minimum atomic E-state index is -2.49. The third-order valence-electron chi connectivity index (χ3n) is 1.53. The topological polar surface area (TPSA) is 51.5 Å². The van der Waals surface area contributed by atoms with Crippen LogP contribution in [0.1, 0.15) is 13.3 Å². The van der Waals surface area contributed by atoms with Crippen molar-refractivity contribution < 1.29 is 13.3 Å². The average Bonchev–Trinajstić information content (AvgIpc) is 2.13. The highest BCUT2D eigenvalue weighted by Gasteiger charge is 2.37. The molecule has 0 unspecified atom stereocenters. The summed E-state index contributed by atoms with van der Waals surface area (Å²) in [7, 11) is 0.630. The molecule has 12 heavy (non-hydrogen) atoms. The Morgan fingerprint density at radius 1 is 1.33 bits per heavy atom. The van der Waals surface area contributed by atoms with Gasteiger partial charge in [0.05, 0.1) is 6.07 Å². The summed E-state index contributed by atoms with van der Waals surface area (Å²) in [6.45, 7) is 2.06. The first-order valence-corrected chi connectivity index (χ1v) is 5.79. The normalized spacial score (nSPS) is 11.2. The van der Waals surface area contributed by atoms with Crippen LogP contribution in [-0.2, 0) is 13.3 Å². The molecule has 0 aromatic heterocycles. The van der Waals surface area contributed by atoms with Crippen LogP contribution in [0.15, 0.2) is 0 Å². The summed E-state index contributed by atoms with van der Waals surface area (Å²) in [5.74, 6) is 0. The van der Waals surface area contributed by atoms with Crippen molar-refractivity contribution in [3.05, 3.63) is 0 Å². The largest absolute Gasteiger partial charge is 0.501 e. The monoisotopic (exact) mass is 189 g/mol. The zero-order valence-electron chi connectivity index (χ0n) is 7.79. The van der Waals surface area contributed by atoms with Crippen molar-refractivity contribution in [1.82, 2.24) is 0 Å². The summed E-state index contributed by atoms with van der Waals surface area (Å²) < 4.78 is 15.6. The molecule has 5 heteroatoms. The molecule has 0 radical (unpaired) electrons. The number of nitrogens with zero attached hydrogens (tertiary/aromatic N) is 1. The summed E-state index contributed by atoms with van der Waals surface area (Å²) in [6, 6.07) is 2.65. The van der Waals surface area contributed by atoms with Gasteiger partial charge in [0.15, 0.2) is 0 Å². The predicted molar refractivity (Wildman–Crippen MR) is 46.4 cm³/mol. The zero-order valence-corrected chi connectivity index (χ0v) is 8.79. The number of nitriles is 1. The van der Waals surface area contributed by atoms with Gasteiger partial charge in [-0.25, -0.2) is 0 Å². The van der Waals surface area contributed by atoms with E-state index in [1.54, 1.807) is 14.2 Å². The Morgan fingerprint density at radius 3 is 2.25 bits per heavy atom. The Bertz CT molecular complexity index is 153. The van der Waals surface area contributed by atoms with E-state index < -0.39 is 8.80 Å². The second kappa shape index (κ2) is 6.14. The molecule has 0 spiro atoms. The minimum Gasteiger partial charge on any atom is -0.377 e. The summed E-state index contributed by atoms with van der Waals surface area (Å²) in [5.41, 5.74) is 0. The van der Waals surface area contributed by atoms with Gasteiger partial charge in [0, 0.05) is 20.3 Å². The van der Waals surface area contributed by atoms with Gasteiger partial charge in [0.25, 0.3) is 0 Å². The van der Waals surface area contributed by atoms with Crippen LogP contribution in [0.3, 0.4) is 0 Å². The Morgan fingerprint density at radius 2 is 1.92 bits per heavy atom. The third kappa shape index (κ3) is 3.32. The molecule has 0 bridgehead atoms. The van der Waals surface area contributed by atoms with Gasteiger partial charge in [0.1, 0.15) is 6.61 Å². The lowest BCUT2D eigenvalue weighted by atomic mass is 10.6. The molecule has 0 fully saturated rings. The zero-order chi connectivity index (χ0) is 9.45. The Balaban J connectivity index is 4.06. The van der Waals surface area contributed by atoms with Crippen LogP contribution in [-0.4, -0.2) is 29.6 Å². The Hall–Kier alpha value is -0.413. The van der Waals surface area contributed by atoms with Crippen LogP contribution in [0.5, 0.6) is 0 Å². The van der Waals surface area contributed by atoms with Crippen molar-refractivity contribution in [2.24, 2.45) is 0 Å². The Kier molecular flexibility index (Phi) is 5.93. The van der Waals surface area contributed by atoms with Crippen LogP contribution in [0.25, 0.3) is 0 Å². The van der Waals surface area contributed by atoms with Crippen LogP contribution in [0.2, 0.25) is 6.04 Å². The fourth-order valence-corrected chi connectivity index (χ4v) is 2.78. The van der Waals surface area contributed by atoms with Crippen molar-refractivity contribution in [2.75, 3.05) is 20.8 Å². The lowest BCUT2D eigenvalue weighted by molar-refractivity contribution is 0.111. The van der Waals surface area contributed by atoms with Crippen molar-refractivity contribution >= 4 is 8.80 Å². The fourth-order valence-electron chi connectivity index (χ4n) is 0.926. The van der Waals surface area contributed by atoms with Gasteiger partial charge in [0.2, 0.25) is 0 Å². The van der Waals surface area contributed by atoms with Gasteiger partial charge in [-0.2, -0.15) is 5.26 Å². The maximum absolute atomic E-state index is 8.32. The van der Waals surface area contributed by atoms with Crippen molar-refractivity contribution in [3.63, 3.8) is 0 Å². The van der Waals surface area contributed by atoms with Crippen LogP contribution in [0.4, 0.5) is 0 Å². The molecule has 0 N–H and O–H groups in total. The summed E-state index contributed by atoms with van der Waals surface area (Å²) in [4.78, 5) is 0. The quantitative estimate of drug-likeness (QED) is 0.588. The van der Waals surface area contributed by atoms with Crippen molar-refractivity contribution in [1.29, 1.82) is 5.26 Å². The van der Waals surface area contributed by atoms with E-state index in [0.29, 0.717) is 0 Å². The lowest BCUT2D eigenvalue weighted by Gasteiger charge is -2.24. The summed E-state index contributed by atoms with van der Waals surface area (Å²) in [5, 5.41) is 8.32. The van der Waals surface area contributed by atoms with Gasteiger partial charge >= 0.3 is 8.80 Å². The van der Waals surface area contributed by atoms with Gasteiger partial charge in [-0.15, -0.1) is 0 Å².